The summed E-state index contributed by atoms with van der Waals surface area (Å²) in [6, 6.07) is 6.85. The van der Waals surface area contributed by atoms with Gasteiger partial charge in [-0.3, -0.25) is 14.4 Å². The SMILES string of the molecule is CNc1cccc(C(=O)NCC(=O)NCCC(=O)O)c1. The first-order chi connectivity index (χ1) is 9.52. The van der Waals surface area contributed by atoms with Crippen molar-refractivity contribution in [2.75, 3.05) is 25.5 Å². The predicted molar refractivity (Wildman–Crippen MR) is 73.6 cm³/mol. The maximum absolute atomic E-state index is 11.8. The van der Waals surface area contributed by atoms with Crippen molar-refractivity contribution in [2.45, 2.75) is 6.42 Å². The summed E-state index contributed by atoms with van der Waals surface area (Å²) in [5.74, 6) is -1.78. The lowest BCUT2D eigenvalue weighted by atomic mass is 10.2. The molecular formula is C13H17N3O4. The Kier molecular flexibility index (Phi) is 6.02. The normalized spacial score (nSPS) is 9.65. The van der Waals surface area contributed by atoms with Crippen LogP contribution in [0.25, 0.3) is 0 Å². The number of rotatable bonds is 7. The highest BCUT2D eigenvalue weighted by Gasteiger charge is 2.08. The van der Waals surface area contributed by atoms with Gasteiger partial charge in [-0.25, -0.2) is 0 Å². The standard InChI is InChI=1S/C13H17N3O4/c1-14-10-4-2-3-9(7-10)13(20)16-8-11(17)15-6-5-12(18)19/h2-4,7,14H,5-6,8H2,1H3,(H,15,17)(H,16,20)(H,18,19). The van der Waals surface area contributed by atoms with Gasteiger partial charge in [0, 0.05) is 24.8 Å². The first kappa shape index (κ1) is 15.5. The van der Waals surface area contributed by atoms with Gasteiger partial charge < -0.3 is 21.1 Å². The minimum absolute atomic E-state index is 0.0409. The van der Waals surface area contributed by atoms with Gasteiger partial charge in [-0.1, -0.05) is 6.07 Å². The summed E-state index contributed by atoms with van der Waals surface area (Å²) in [5, 5.41) is 16.2. The molecule has 0 heterocycles. The number of anilines is 1. The van der Waals surface area contributed by atoms with Crippen molar-refractivity contribution in [1.29, 1.82) is 0 Å². The van der Waals surface area contributed by atoms with Crippen LogP contribution >= 0.6 is 0 Å². The Bertz CT molecular complexity index is 502. The Balaban J connectivity index is 2.38. The zero-order valence-corrected chi connectivity index (χ0v) is 11.1. The number of benzene rings is 1. The molecule has 20 heavy (non-hydrogen) atoms. The second-order valence-corrected chi connectivity index (χ2v) is 4.01. The van der Waals surface area contributed by atoms with Gasteiger partial charge in [0.15, 0.2) is 0 Å². The van der Waals surface area contributed by atoms with Gasteiger partial charge >= 0.3 is 5.97 Å². The molecule has 0 bridgehead atoms. The van der Waals surface area contributed by atoms with E-state index in [1.807, 2.05) is 6.07 Å². The number of hydrogen-bond donors (Lipinski definition) is 4. The first-order valence-electron chi connectivity index (χ1n) is 6.07. The average Bonchev–Trinajstić information content (AvgIpc) is 2.44. The largest absolute Gasteiger partial charge is 0.481 e. The molecule has 0 aromatic heterocycles. The monoisotopic (exact) mass is 279 g/mol. The topological polar surface area (TPSA) is 108 Å². The van der Waals surface area contributed by atoms with Crippen molar-refractivity contribution in [2.24, 2.45) is 0 Å². The highest BCUT2D eigenvalue weighted by atomic mass is 16.4. The van der Waals surface area contributed by atoms with Gasteiger partial charge in [0.2, 0.25) is 5.91 Å². The van der Waals surface area contributed by atoms with Gasteiger partial charge in [-0.05, 0) is 18.2 Å². The summed E-state index contributed by atoms with van der Waals surface area (Å²) in [6.45, 7) is -0.151. The van der Waals surface area contributed by atoms with Crippen LogP contribution in [-0.2, 0) is 9.59 Å². The lowest BCUT2D eigenvalue weighted by Crippen LogP contribution is -2.37. The highest BCUT2D eigenvalue weighted by molar-refractivity contribution is 5.97. The molecular weight excluding hydrogens is 262 g/mol. The van der Waals surface area contributed by atoms with E-state index in [-0.39, 0.29) is 25.4 Å². The summed E-state index contributed by atoms with van der Waals surface area (Å²) in [5.41, 5.74) is 1.23. The molecule has 0 saturated heterocycles. The van der Waals surface area contributed by atoms with Crippen LogP contribution in [0.4, 0.5) is 5.69 Å². The summed E-state index contributed by atoms with van der Waals surface area (Å²) in [6.07, 6.45) is -0.149. The molecule has 0 spiro atoms. The molecule has 0 aliphatic rings. The van der Waals surface area contributed by atoms with Gasteiger partial charge in [0.1, 0.15) is 0 Å². The van der Waals surface area contributed by atoms with E-state index in [1.165, 1.54) is 0 Å². The molecule has 4 N–H and O–H groups in total. The van der Waals surface area contributed by atoms with Crippen molar-refractivity contribution >= 4 is 23.5 Å². The second kappa shape index (κ2) is 7.78. The summed E-state index contributed by atoms with van der Waals surface area (Å²) in [4.78, 5) is 33.4. The van der Waals surface area contributed by atoms with Crippen molar-refractivity contribution < 1.29 is 19.5 Å². The van der Waals surface area contributed by atoms with Crippen LogP contribution < -0.4 is 16.0 Å². The van der Waals surface area contributed by atoms with Gasteiger partial charge in [-0.15, -0.1) is 0 Å². The lowest BCUT2D eigenvalue weighted by Gasteiger charge is -2.07. The van der Waals surface area contributed by atoms with E-state index in [4.69, 9.17) is 5.11 Å². The van der Waals surface area contributed by atoms with Crippen molar-refractivity contribution in [3.63, 3.8) is 0 Å². The molecule has 1 aromatic carbocycles. The fourth-order valence-corrected chi connectivity index (χ4v) is 1.45. The van der Waals surface area contributed by atoms with Crippen LogP contribution in [0.3, 0.4) is 0 Å². The van der Waals surface area contributed by atoms with Crippen molar-refractivity contribution in [3.05, 3.63) is 29.8 Å². The van der Waals surface area contributed by atoms with E-state index in [2.05, 4.69) is 16.0 Å². The number of nitrogens with one attached hydrogen (secondary N) is 3. The van der Waals surface area contributed by atoms with Gasteiger partial charge in [0.25, 0.3) is 5.91 Å². The maximum atomic E-state index is 11.8. The summed E-state index contributed by atoms with van der Waals surface area (Å²) in [7, 11) is 1.74. The third-order valence-corrected chi connectivity index (χ3v) is 2.48. The van der Waals surface area contributed by atoms with Gasteiger partial charge in [-0.2, -0.15) is 0 Å². The Labute approximate surface area is 116 Å². The smallest absolute Gasteiger partial charge is 0.305 e. The predicted octanol–water partition coefficient (Wildman–Crippen LogP) is 0.0490. The lowest BCUT2D eigenvalue weighted by molar-refractivity contribution is -0.136. The Hall–Kier alpha value is -2.57. The van der Waals surface area contributed by atoms with E-state index in [0.717, 1.165) is 5.69 Å². The molecule has 0 aliphatic carbocycles. The molecule has 0 unspecified atom stereocenters. The number of hydrogen-bond acceptors (Lipinski definition) is 4. The Morgan fingerprint density at radius 2 is 1.95 bits per heavy atom. The molecule has 0 radical (unpaired) electrons. The van der Waals surface area contributed by atoms with Crippen LogP contribution in [-0.4, -0.2) is 43.0 Å². The molecule has 7 heteroatoms. The first-order valence-corrected chi connectivity index (χ1v) is 6.07. The van der Waals surface area contributed by atoms with E-state index in [1.54, 1.807) is 25.2 Å². The van der Waals surface area contributed by atoms with Crippen molar-refractivity contribution in [1.82, 2.24) is 10.6 Å². The van der Waals surface area contributed by atoms with Crippen LogP contribution in [0.1, 0.15) is 16.8 Å². The zero-order chi connectivity index (χ0) is 15.0. The van der Waals surface area contributed by atoms with Crippen LogP contribution in [0.15, 0.2) is 24.3 Å². The van der Waals surface area contributed by atoms with E-state index in [0.29, 0.717) is 5.56 Å². The number of carboxylic acid groups (broad SMARTS) is 1. The molecule has 1 rings (SSSR count). The summed E-state index contributed by atoms with van der Waals surface area (Å²) < 4.78 is 0. The number of amides is 2. The minimum atomic E-state index is -0.988. The fraction of sp³-hybridized carbons (Fsp3) is 0.308. The number of carbonyl (C=O) groups is 3. The van der Waals surface area contributed by atoms with Crippen LogP contribution in [0.2, 0.25) is 0 Å². The molecule has 0 saturated carbocycles. The zero-order valence-electron chi connectivity index (χ0n) is 11.1. The molecule has 7 nitrogen and oxygen atoms in total. The molecule has 0 atom stereocenters. The fourth-order valence-electron chi connectivity index (χ4n) is 1.45. The quantitative estimate of drug-likeness (QED) is 0.564. The molecule has 108 valence electrons. The Morgan fingerprint density at radius 1 is 1.20 bits per heavy atom. The Morgan fingerprint density at radius 3 is 2.60 bits per heavy atom. The maximum Gasteiger partial charge on any atom is 0.305 e. The second-order valence-electron chi connectivity index (χ2n) is 4.01. The molecule has 0 fully saturated rings. The van der Waals surface area contributed by atoms with E-state index >= 15 is 0 Å². The summed E-state index contributed by atoms with van der Waals surface area (Å²) >= 11 is 0. The van der Waals surface area contributed by atoms with Crippen LogP contribution in [0, 0.1) is 0 Å². The number of carboxylic acids is 1. The van der Waals surface area contributed by atoms with Crippen molar-refractivity contribution in [3.8, 4) is 0 Å². The molecule has 2 amide bonds. The third kappa shape index (κ3) is 5.38. The minimum Gasteiger partial charge on any atom is -0.481 e. The average molecular weight is 279 g/mol. The van der Waals surface area contributed by atoms with E-state index in [9.17, 15) is 14.4 Å². The number of carbonyl (C=O) groups excluding carboxylic acids is 2. The third-order valence-electron chi connectivity index (χ3n) is 2.48. The van der Waals surface area contributed by atoms with Crippen LogP contribution in [0.5, 0.6) is 0 Å². The van der Waals surface area contributed by atoms with E-state index < -0.39 is 11.9 Å². The molecule has 0 aliphatic heterocycles. The molecule has 1 aromatic rings. The highest BCUT2D eigenvalue weighted by Crippen LogP contribution is 2.09. The van der Waals surface area contributed by atoms with Gasteiger partial charge in [0.05, 0.1) is 13.0 Å². The number of aliphatic carboxylic acids is 1.